The van der Waals surface area contributed by atoms with Crippen LogP contribution in [0.3, 0.4) is 0 Å². The van der Waals surface area contributed by atoms with Gasteiger partial charge in [0.1, 0.15) is 29.6 Å². The molecule has 0 saturated carbocycles. The molecule has 9 heteroatoms. The highest BCUT2D eigenvalue weighted by atomic mass is 19.1. The van der Waals surface area contributed by atoms with E-state index in [9.17, 15) is 14.3 Å². The van der Waals surface area contributed by atoms with Crippen LogP contribution in [0.1, 0.15) is 73.5 Å². The van der Waals surface area contributed by atoms with E-state index in [-0.39, 0.29) is 29.6 Å². The summed E-state index contributed by atoms with van der Waals surface area (Å²) in [6, 6.07) is 6.57. The monoisotopic (exact) mass is 545 g/mol. The van der Waals surface area contributed by atoms with Gasteiger partial charge in [0.05, 0.1) is 23.5 Å². The molecule has 8 nitrogen and oxygen atoms in total. The Hall–Kier alpha value is -3.46. The third kappa shape index (κ3) is 4.08. The first-order chi connectivity index (χ1) is 19.5. The normalized spacial score (nSPS) is 20.4. The molecular formula is C31H36FN5O3. The number of phenolic OH excluding ortho intramolecular Hbond substituents is 1. The molecule has 1 aromatic heterocycles. The van der Waals surface area contributed by atoms with E-state index in [1.54, 1.807) is 23.1 Å². The van der Waals surface area contributed by atoms with Gasteiger partial charge in [-0.05, 0) is 87.5 Å². The fourth-order valence-corrected chi connectivity index (χ4v) is 7.45. The van der Waals surface area contributed by atoms with Gasteiger partial charge in [0, 0.05) is 24.5 Å². The second-order valence-corrected chi connectivity index (χ2v) is 11.7. The third-order valence-corrected chi connectivity index (χ3v) is 9.42. The molecule has 3 fully saturated rings. The minimum absolute atomic E-state index is 0.0308. The maximum Gasteiger partial charge on any atom is 0.318 e. The van der Waals surface area contributed by atoms with Gasteiger partial charge in [-0.25, -0.2) is 4.39 Å². The summed E-state index contributed by atoms with van der Waals surface area (Å²) in [7, 11) is 0. The molecule has 1 N–H and O–H groups in total. The number of benzene rings is 2. The van der Waals surface area contributed by atoms with E-state index in [0.29, 0.717) is 58.1 Å². The first-order valence-corrected chi connectivity index (χ1v) is 14.8. The lowest BCUT2D eigenvalue weighted by molar-refractivity contribution is 0.0996. The topological polar surface area (TPSA) is 82.0 Å². The lowest BCUT2D eigenvalue weighted by Gasteiger charge is -2.32. The molecule has 7 rings (SSSR count). The van der Waals surface area contributed by atoms with E-state index < -0.39 is 0 Å². The first kappa shape index (κ1) is 25.5. The number of amides is 1. The van der Waals surface area contributed by atoms with E-state index in [1.807, 2.05) is 6.92 Å². The predicted molar refractivity (Wildman–Crippen MR) is 152 cm³/mol. The maximum absolute atomic E-state index is 14.9. The predicted octanol–water partition coefficient (Wildman–Crippen LogP) is 5.19. The summed E-state index contributed by atoms with van der Waals surface area (Å²) in [6.45, 7) is 6.56. The van der Waals surface area contributed by atoms with Gasteiger partial charge in [0.2, 0.25) is 0 Å². The Bertz CT molecular complexity index is 1480. The quantitative estimate of drug-likeness (QED) is 0.456. The van der Waals surface area contributed by atoms with Crippen molar-refractivity contribution in [2.45, 2.75) is 70.4 Å². The number of anilines is 2. The molecule has 1 amide bonds. The zero-order valence-electron chi connectivity index (χ0n) is 23.1. The van der Waals surface area contributed by atoms with Crippen molar-refractivity contribution in [3.05, 3.63) is 46.9 Å². The number of hydrogen-bond acceptors (Lipinski definition) is 7. The molecule has 2 aromatic carbocycles. The largest absolute Gasteiger partial charge is 0.508 e. The van der Waals surface area contributed by atoms with Crippen LogP contribution in [0.2, 0.25) is 0 Å². The number of carbonyl (C=O) groups excluding carboxylic acids is 1. The Morgan fingerprint density at radius 3 is 2.55 bits per heavy atom. The molecule has 0 unspecified atom stereocenters. The minimum atomic E-state index is -0.317. The Labute approximate surface area is 233 Å². The lowest BCUT2D eigenvalue weighted by atomic mass is 9.95. The van der Waals surface area contributed by atoms with Crippen molar-refractivity contribution in [3.63, 3.8) is 0 Å². The number of piperidine rings is 1. The number of nitrogens with zero attached hydrogens (tertiary/aromatic N) is 5. The number of aryl methyl sites for hydroxylation is 1. The van der Waals surface area contributed by atoms with E-state index in [2.05, 4.69) is 9.80 Å². The molecule has 40 heavy (non-hydrogen) atoms. The number of ether oxygens (including phenoxy) is 1. The molecule has 0 aliphatic carbocycles. The summed E-state index contributed by atoms with van der Waals surface area (Å²) in [5.41, 5.74) is 2.19. The summed E-state index contributed by atoms with van der Waals surface area (Å²) < 4.78 is 21.3. The van der Waals surface area contributed by atoms with Crippen molar-refractivity contribution >= 4 is 28.2 Å². The first-order valence-electron chi connectivity index (χ1n) is 14.8. The Morgan fingerprint density at radius 2 is 1.80 bits per heavy atom. The smallest absolute Gasteiger partial charge is 0.318 e. The van der Waals surface area contributed by atoms with Crippen molar-refractivity contribution in [1.29, 1.82) is 0 Å². The fourth-order valence-electron chi connectivity index (χ4n) is 7.45. The number of rotatable bonds is 6. The number of aromatic nitrogens is 2. The van der Waals surface area contributed by atoms with Crippen molar-refractivity contribution in [2.24, 2.45) is 0 Å². The summed E-state index contributed by atoms with van der Waals surface area (Å²) in [5, 5.41) is 11.9. The van der Waals surface area contributed by atoms with Crippen molar-refractivity contribution in [2.75, 3.05) is 42.6 Å². The number of halogens is 1. The molecule has 0 spiro atoms. The van der Waals surface area contributed by atoms with Crippen LogP contribution in [0.15, 0.2) is 24.3 Å². The Kier molecular flexibility index (Phi) is 6.29. The maximum atomic E-state index is 14.9. The molecule has 0 bridgehead atoms. The molecule has 3 saturated heterocycles. The Morgan fingerprint density at radius 1 is 1.02 bits per heavy atom. The van der Waals surface area contributed by atoms with Gasteiger partial charge in [0.25, 0.3) is 5.91 Å². The molecule has 0 radical (unpaired) electrons. The fraction of sp³-hybridized carbons (Fsp3) is 0.516. The standard InChI is InChI=1S/C31H36FN5O3/c1-2-22-23(32)9-8-20-16-21(38)17-25(26(20)22)37-18-24-27(29(37)39)28(35-12-4-3-5-13-35)34-30(33-24)40-19-31-10-6-14-36(31)15-7-11-31/h8-9,16-17,38H,2-7,10-15,18-19H2,1H3. The molecule has 4 aliphatic rings. The van der Waals surface area contributed by atoms with E-state index in [4.69, 9.17) is 14.7 Å². The zero-order chi connectivity index (χ0) is 27.4. The molecule has 5 heterocycles. The van der Waals surface area contributed by atoms with E-state index in [0.717, 1.165) is 58.3 Å². The number of carbonyl (C=O) groups is 1. The highest BCUT2D eigenvalue weighted by Gasteiger charge is 2.45. The van der Waals surface area contributed by atoms with Crippen LogP contribution in [0.25, 0.3) is 10.8 Å². The summed E-state index contributed by atoms with van der Waals surface area (Å²) in [4.78, 5) is 30.1. The van der Waals surface area contributed by atoms with E-state index in [1.165, 1.54) is 18.9 Å². The number of hydrogen-bond donors (Lipinski definition) is 1. The number of aromatic hydroxyl groups is 1. The lowest BCUT2D eigenvalue weighted by Crippen LogP contribution is -2.43. The third-order valence-electron chi connectivity index (χ3n) is 9.42. The average Bonchev–Trinajstić information content (AvgIpc) is 3.64. The summed E-state index contributed by atoms with van der Waals surface area (Å²) in [6.07, 6.45) is 8.35. The molecular weight excluding hydrogens is 509 g/mol. The molecule has 4 aliphatic heterocycles. The highest BCUT2D eigenvalue weighted by Crippen LogP contribution is 2.42. The van der Waals surface area contributed by atoms with Crippen LogP contribution in [-0.4, -0.2) is 64.2 Å². The molecule has 0 atom stereocenters. The average molecular weight is 546 g/mol. The Balaban J connectivity index is 1.29. The van der Waals surface area contributed by atoms with Crippen LogP contribution in [0, 0.1) is 5.82 Å². The van der Waals surface area contributed by atoms with Gasteiger partial charge in [-0.15, -0.1) is 0 Å². The van der Waals surface area contributed by atoms with Gasteiger partial charge in [-0.2, -0.15) is 9.97 Å². The zero-order valence-corrected chi connectivity index (χ0v) is 23.1. The summed E-state index contributed by atoms with van der Waals surface area (Å²) >= 11 is 0. The van der Waals surface area contributed by atoms with Crippen LogP contribution in [0.5, 0.6) is 11.8 Å². The van der Waals surface area contributed by atoms with Crippen LogP contribution in [-0.2, 0) is 13.0 Å². The molecule has 3 aromatic rings. The van der Waals surface area contributed by atoms with Crippen molar-refractivity contribution in [1.82, 2.24) is 14.9 Å². The summed E-state index contributed by atoms with van der Waals surface area (Å²) in [5.74, 6) is 0.119. The van der Waals surface area contributed by atoms with E-state index >= 15 is 0 Å². The van der Waals surface area contributed by atoms with Gasteiger partial charge >= 0.3 is 6.01 Å². The van der Waals surface area contributed by atoms with Crippen molar-refractivity contribution < 1.29 is 19.0 Å². The minimum Gasteiger partial charge on any atom is -0.508 e. The highest BCUT2D eigenvalue weighted by molar-refractivity contribution is 6.16. The second-order valence-electron chi connectivity index (χ2n) is 11.7. The van der Waals surface area contributed by atoms with Gasteiger partial charge < -0.3 is 19.6 Å². The van der Waals surface area contributed by atoms with Crippen LogP contribution in [0.4, 0.5) is 15.9 Å². The number of fused-ring (bicyclic) bond motifs is 3. The second kappa shape index (κ2) is 9.87. The van der Waals surface area contributed by atoms with Gasteiger partial charge in [-0.3, -0.25) is 9.69 Å². The SMILES string of the molecule is CCc1c(F)ccc2cc(O)cc(N3Cc4nc(OCC56CCCN5CCC6)nc(N5CCCCC5)c4C3=O)c12. The van der Waals surface area contributed by atoms with Crippen LogP contribution >= 0.6 is 0 Å². The van der Waals surface area contributed by atoms with Gasteiger partial charge in [0.15, 0.2) is 0 Å². The van der Waals surface area contributed by atoms with Crippen molar-refractivity contribution in [3.8, 4) is 11.8 Å². The van der Waals surface area contributed by atoms with Gasteiger partial charge in [-0.1, -0.05) is 13.0 Å². The molecule has 210 valence electrons. The number of phenols is 1. The van der Waals surface area contributed by atoms with Crippen LogP contribution < -0.4 is 14.5 Å².